The van der Waals surface area contributed by atoms with Crippen LogP contribution < -0.4 is 4.90 Å². The van der Waals surface area contributed by atoms with Crippen LogP contribution in [0.25, 0.3) is 33.5 Å². The summed E-state index contributed by atoms with van der Waals surface area (Å²) in [4.78, 5) is 13.5. The van der Waals surface area contributed by atoms with Crippen molar-refractivity contribution < 1.29 is 0 Å². The summed E-state index contributed by atoms with van der Waals surface area (Å²) in [5, 5.41) is 9.22. The molecule has 2 aromatic heterocycles. The number of imidazole rings is 1. The van der Waals surface area contributed by atoms with Gasteiger partial charge in [-0.05, 0) is 49.2 Å². The third kappa shape index (κ3) is 3.58. The molecule has 2 aliphatic rings. The highest BCUT2D eigenvalue weighted by Crippen LogP contribution is 2.30. The largest absolute Gasteiger partial charge is 0.369 e. The highest BCUT2D eigenvalue weighted by atomic mass is 35.5. The van der Waals surface area contributed by atoms with E-state index in [4.69, 9.17) is 16.6 Å². The minimum absolute atomic E-state index is 0.695. The van der Waals surface area contributed by atoms with Crippen LogP contribution in [0, 0.1) is 0 Å². The molecule has 2 N–H and O–H groups in total. The molecule has 1 aliphatic heterocycles. The topological polar surface area (TPSA) is 63.8 Å². The van der Waals surface area contributed by atoms with Gasteiger partial charge in [0.15, 0.2) is 5.82 Å². The van der Waals surface area contributed by atoms with E-state index in [-0.39, 0.29) is 0 Å². The first-order chi connectivity index (χ1) is 15.2. The highest BCUT2D eigenvalue weighted by molar-refractivity contribution is 6.31. The van der Waals surface area contributed by atoms with Gasteiger partial charge in [0, 0.05) is 48.3 Å². The minimum atomic E-state index is 0.695. The van der Waals surface area contributed by atoms with Gasteiger partial charge < -0.3 is 9.88 Å². The molecule has 6 nitrogen and oxygen atoms in total. The molecule has 2 aromatic carbocycles. The van der Waals surface area contributed by atoms with Gasteiger partial charge >= 0.3 is 0 Å². The number of nitrogens with zero attached hydrogens (tertiary/aromatic N) is 4. The Balaban J connectivity index is 1.23. The van der Waals surface area contributed by atoms with E-state index in [0.29, 0.717) is 5.02 Å². The van der Waals surface area contributed by atoms with Crippen molar-refractivity contribution in [2.45, 2.75) is 38.1 Å². The van der Waals surface area contributed by atoms with Gasteiger partial charge in [0.25, 0.3) is 0 Å². The van der Waals surface area contributed by atoms with Gasteiger partial charge in [0.05, 0.1) is 16.6 Å². The lowest BCUT2D eigenvalue weighted by molar-refractivity contribution is 0.148. The number of H-pyrrole nitrogens is 2. The molecule has 3 heterocycles. The Bertz CT molecular complexity index is 1210. The fourth-order valence-electron chi connectivity index (χ4n) is 5.26. The molecule has 6 rings (SSSR count). The second-order valence-corrected chi connectivity index (χ2v) is 9.30. The molecule has 0 amide bonds. The Hall–Kier alpha value is -2.57. The van der Waals surface area contributed by atoms with Crippen LogP contribution in [0.2, 0.25) is 5.02 Å². The second-order valence-electron chi connectivity index (χ2n) is 8.86. The molecule has 0 bridgehead atoms. The normalized spacial score (nSPS) is 18.9. The molecular formula is C24H27ClN6. The quantitative estimate of drug-likeness (QED) is 0.464. The summed E-state index contributed by atoms with van der Waals surface area (Å²) >= 11 is 6.20. The first kappa shape index (κ1) is 19.1. The summed E-state index contributed by atoms with van der Waals surface area (Å²) in [6, 6.07) is 13.1. The molecule has 7 heteroatoms. The van der Waals surface area contributed by atoms with Crippen LogP contribution in [0.1, 0.15) is 32.1 Å². The van der Waals surface area contributed by atoms with E-state index in [9.17, 15) is 0 Å². The lowest BCUT2D eigenvalue weighted by Gasteiger charge is -2.41. The van der Waals surface area contributed by atoms with Crippen molar-refractivity contribution in [3.05, 3.63) is 41.4 Å². The number of hydrogen-bond acceptors (Lipinski definition) is 4. The Morgan fingerprint density at radius 3 is 2.58 bits per heavy atom. The Morgan fingerprint density at radius 1 is 0.903 bits per heavy atom. The van der Waals surface area contributed by atoms with Crippen molar-refractivity contribution in [2.24, 2.45) is 0 Å². The zero-order valence-electron chi connectivity index (χ0n) is 17.6. The number of benzene rings is 2. The molecule has 1 saturated carbocycles. The zero-order valence-corrected chi connectivity index (χ0v) is 18.3. The summed E-state index contributed by atoms with van der Waals surface area (Å²) in [6.07, 6.45) is 7.00. The zero-order chi connectivity index (χ0) is 20.8. The number of anilines is 1. The van der Waals surface area contributed by atoms with Crippen molar-refractivity contribution in [1.82, 2.24) is 25.1 Å². The monoisotopic (exact) mass is 434 g/mol. The van der Waals surface area contributed by atoms with Crippen LogP contribution in [-0.2, 0) is 0 Å². The Morgan fingerprint density at radius 2 is 1.74 bits per heavy atom. The molecule has 0 unspecified atom stereocenters. The average Bonchev–Trinajstić information content (AvgIpc) is 3.42. The van der Waals surface area contributed by atoms with Crippen LogP contribution in [0.5, 0.6) is 0 Å². The molecule has 1 saturated heterocycles. The van der Waals surface area contributed by atoms with E-state index in [0.717, 1.165) is 65.7 Å². The number of piperazine rings is 1. The van der Waals surface area contributed by atoms with E-state index in [1.165, 1.54) is 37.8 Å². The van der Waals surface area contributed by atoms with Gasteiger partial charge in [-0.3, -0.25) is 10.00 Å². The van der Waals surface area contributed by atoms with Crippen molar-refractivity contribution in [3.63, 3.8) is 0 Å². The molecular weight excluding hydrogens is 408 g/mol. The number of rotatable bonds is 3. The lowest BCUT2D eigenvalue weighted by Crippen LogP contribution is -2.50. The smallest absolute Gasteiger partial charge is 0.159 e. The van der Waals surface area contributed by atoms with Gasteiger partial charge in [-0.25, -0.2) is 4.98 Å². The van der Waals surface area contributed by atoms with E-state index < -0.39 is 0 Å². The second kappa shape index (κ2) is 7.84. The Labute approximate surface area is 186 Å². The standard InChI is InChI=1S/C24H27ClN6/c25-16-6-8-20-19(14-16)23(29-28-20)24-26-21-9-7-18(15-22(21)27-24)31-12-10-30(11-13-31)17-4-2-1-3-5-17/h6-9,14-15,17H,1-5,10-13H2,(H,26,27)(H,28,29). The van der Waals surface area contributed by atoms with Crippen LogP contribution in [-0.4, -0.2) is 57.3 Å². The number of fused-ring (bicyclic) bond motifs is 2. The van der Waals surface area contributed by atoms with Gasteiger partial charge in [0.2, 0.25) is 0 Å². The van der Waals surface area contributed by atoms with Crippen LogP contribution in [0.15, 0.2) is 36.4 Å². The molecule has 160 valence electrons. The van der Waals surface area contributed by atoms with E-state index in [1.54, 1.807) is 0 Å². The van der Waals surface area contributed by atoms with Crippen molar-refractivity contribution >= 4 is 39.2 Å². The van der Waals surface area contributed by atoms with Gasteiger partial charge in [0.1, 0.15) is 5.69 Å². The maximum Gasteiger partial charge on any atom is 0.159 e. The molecule has 31 heavy (non-hydrogen) atoms. The van der Waals surface area contributed by atoms with Crippen molar-refractivity contribution in [1.29, 1.82) is 0 Å². The number of halogens is 1. The maximum atomic E-state index is 6.20. The van der Waals surface area contributed by atoms with Gasteiger partial charge in [-0.15, -0.1) is 0 Å². The van der Waals surface area contributed by atoms with E-state index in [2.05, 4.69) is 43.2 Å². The summed E-state index contributed by atoms with van der Waals surface area (Å²) in [5.74, 6) is 0.766. The predicted octanol–water partition coefficient (Wildman–Crippen LogP) is 5.21. The number of nitrogens with one attached hydrogen (secondary N) is 2. The summed E-state index contributed by atoms with van der Waals surface area (Å²) < 4.78 is 0. The number of aromatic amines is 2. The lowest BCUT2D eigenvalue weighted by atomic mass is 9.94. The SMILES string of the molecule is Clc1ccc2[nH]nc(-c3nc4ccc(N5CCN(C6CCCCC6)CC5)cc4[nH]3)c2c1. The van der Waals surface area contributed by atoms with E-state index in [1.807, 2.05) is 18.2 Å². The van der Waals surface area contributed by atoms with Crippen LogP contribution in [0.4, 0.5) is 5.69 Å². The fraction of sp³-hybridized carbons (Fsp3) is 0.417. The number of aromatic nitrogens is 4. The third-order valence-corrected chi connectivity index (χ3v) is 7.22. The molecule has 2 fully saturated rings. The highest BCUT2D eigenvalue weighted by Gasteiger charge is 2.25. The van der Waals surface area contributed by atoms with Gasteiger partial charge in [-0.2, -0.15) is 5.10 Å². The molecule has 0 spiro atoms. The third-order valence-electron chi connectivity index (χ3n) is 6.99. The summed E-state index contributed by atoms with van der Waals surface area (Å²) in [6.45, 7) is 4.50. The predicted molar refractivity (Wildman–Crippen MR) is 127 cm³/mol. The molecule has 1 aliphatic carbocycles. The molecule has 0 radical (unpaired) electrons. The van der Waals surface area contributed by atoms with Crippen molar-refractivity contribution in [2.75, 3.05) is 31.1 Å². The van der Waals surface area contributed by atoms with Crippen LogP contribution in [0.3, 0.4) is 0 Å². The molecule has 4 aromatic rings. The van der Waals surface area contributed by atoms with Crippen LogP contribution >= 0.6 is 11.6 Å². The maximum absolute atomic E-state index is 6.20. The summed E-state index contributed by atoms with van der Waals surface area (Å²) in [7, 11) is 0. The van der Waals surface area contributed by atoms with E-state index >= 15 is 0 Å². The Kier molecular flexibility index (Phi) is 4.84. The first-order valence-electron chi connectivity index (χ1n) is 11.4. The van der Waals surface area contributed by atoms with Gasteiger partial charge in [-0.1, -0.05) is 30.9 Å². The minimum Gasteiger partial charge on any atom is -0.369 e. The average molecular weight is 435 g/mol. The summed E-state index contributed by atoms with van der Waals surface area (Å²) in [5.41, 5.74) is 5.02. The first-order valence-corrected chi connectivity index (χ1v) is 11.8. The number of hydrogen-bond donors (Lipinski definition) is 2. The van der Waals surface area contributed by atoms with Crippen molar-refractivity contribution in [3.8, 4) is 11.5 Å². The molecule has 0 atom stereocenters. The fourth-order valence-corrected chi connectivity index (χ4v) is 5.44.